The van der Waals surface area contributed by atoms with Crippen LogP contribution >= 0.6 is 12.4 Å². The summed E-state index contributed by atoms with van der Waals surface area (Å²) in [4.78, 5) is 14.7. The molecule has 0 saturated carbocycles. The number of halogens is 1. The molecule has 1 amide bonds. The van der Waals surface area contributed by atoms with Crippen molar-refractivity contribution in [2.75, 3.05) is 47.6 Å². The summed E-state index contributed by atoms with van der Waals surface area (Å²) < 4.78 is 21.7. The van der Waals surface area contributed by atoms with Gasteiger partial charge in [-0.25, -0.2) is 0 Å². The predicted molar refractivity (Wildman–Crippen MR) is 102 cm³/mol. The maximum absolute atomic E-state index is 12.8. The summed E-state index contributed by atoms with van der Waals surface area (Å²) in [7, 11) is 4.61. The molecule has 0 spiro atoms. The number of hydrogen-bond donors (Lipinski definition) is 1. The summed E-state index contributed by atoms with van der Waals surface area (Å²) in [5.41, 5.74) is 6.00. The molecule has 0 aliphatic carbocycles. The van der Waals surface area contributed by atoms with Gasteiger partial charge in [0.1, 0.15) is 0 Å². The lowest BCUT2D eigenvalue weighted by Crippen LogP contribution is -2.41. The largest absolute Gasteiger partial charge is 0.493 e. The van der Waals surface area contributed by atoms with Gasteiger partial charge in [0.15, 0.2) is 11.5 Å². The van der Waals surface area contributed by atoms with E-state index in [4.69, 9.17) is 24.7 Å². The van der Waals surface area contributed by atoms with Crippen molar-refractivity contribution in [2.45, 2.75) is 25.4 Å². The van der Waals surface area contributed by atoms with Crippen molar-refractivity contribution in [3.05, 3.63) is 17.7 Å². The average molecular weight is 389 g/mol. The Labute approximate surface area is 161 Å². The summed E-state index contributed by atoms with van der Waals surface area (Å²) in [5.74, 6) is 1.39. The van der Waals surface area contributed by atoms with Crippen molar-refractivity contribution in [1.29, 1.82) is 0 Å². The SMILES string of the molecule is COc1cc(C(=O)N2CCC(OCCCN)CC2)cc(OC)c1OC.Cl. The number of hydrogen-bond acceptors (Lipinski definition) is 6. The summed E-state index contributed by atoms with van der Waals surface area (Å²) >= 11 is 0. The second-order valence-corrected chi connectivity index (χ2v) is 5.92. The van der Waals surface area contributed by atoms with Gasteiger partial charge in [0.25, 0.3) is 5.91 Å². The topological polar surface area (TPSA) is 83.2 Å². The van der Waals surface area contributed by atoms with Crippen LogP contribution in [-0.4, -0.2) is 64.5 Å². The van der Waals surface area contributed by atoms with Gasteiger partial charge in [-0.2, -0.15) is 0 Å². The van der Waals surface area contributed by atoms with Gasteiger partial charge >= 0.3 is 0 Å². The van der Waals surface area contributed by atoms with Crippen molar-refractivity contribution in [3.8, 4) is 17.2 Å². The van der Waals surface area contributed by atoms with Crippen molar-refractivity contribution in [1.82, 2.24) is 4.90 Å². The minimum atomic E-state index is -0.0420. The fourth-order valence-electron chi connectivity index (χ4n) is 2.95. The van der Waals surface area contributed by atoms with E-state index in [1.807, 2.05) is 4.90 Å². The number of amides is 1. The fourth-order valence-corrected chi connectivity index (χ4v) is 2.95. The van der Waals surface area contributed by atoms with Gasteiger partial charge in [0.05, 0.1) is 27.4 Å². The van der Waals surface area contributed by atoms with Crippen LogP contribution in [0.1, 0.15) is 29.6 Å². The number of ether oxygens (including phenoxy) is 4. The second kappa shape index (κ2) is 11.1. The first-order chi connectivity index (χ1) is 12.1. The van der Waals surface area contributed by atoms with E-state index in [-0.39, 0.29) is 24.4 Å². The highest BCUT2D eigenvalue weighted by atomic mass is 35.5. The molecule has 1 fully saturated rings. The highest BCUT2D eigenvalue weighted by molar-refractivity contribution is 5.95. The molecule has 0 aromatic heterocycles. The average Bonchev–Trinajstić information content (AvgIpc) is 2.66. The number of methoxy groups -OCH3 is 3. The van der Waals surface area contributed by atoms with Crippen LogP contribution in [0.5, 0.6) is 17.2 Å². The molecular formula is C18H29ClN2O5. The molecule has 1 aliphatic rings. The van der Waals surface area contributed by atoms with Gasteiger partial charge < -0.3 is 29.6 Å². The number of carbonyl (C=O) groups is 1. The molecule has 1 aliphatic heterocycles. The lowest BCUT2D eigenvalue weighted by atomic mass is 10.1. The number of piperidine rings is 1. The number of nitrogens with two attached hydrogens (primary N) is 1. The molecule has 2 N–H and O–H groups in total. The smallest absolute Gasteiger partial charge is 0.254 e. The third-order valence-electron chi connectivity index (χ3n) is 4.34. The molecule has 0 unspecified atom stereocenters. The van der Waals surface area contributed by atoms with E-state index in [0.717, 1.165) is 19.3 Å². The Morgan fingerprint density at radius 3 is 2.15 bits per heavy atom. The first-order valence-corrected chi connectivity index (χ1v) is 8.55. The molecule has 148 valence electrons. The van der Waals surface area contributed by atoms with E-state index in [9.17, 15) is 4.79 Å². The summed E-state index contributed by atoms with van der Waals surface area (Å²) in [6.45, 7) is 2.66. The van der Waals surface area contributed by atoms with E-state index in [1.54, 1.807) is 12.1 Å². The zero-order valence-electron chi connectivity index (χ0n) is 15.7. The van der Waals surface area contributed by atoms with Crippen molar-refractivity contribution >= 4 is 18.3 Å². The van der Waals surface area contributed by atoms with E-state index in [1.165, 1.54) is 21.3 Å². The van der Waals surface area contributed by atoms with Gasteiger partial charge in [-0.05, 0) is 37.9 Å². The molecule has 1 saturated heterocycles. The molecule has 2 rings (SSSR count). The van der Waals surface area contributed by atoms with Crippen LogP contribution in [-0.2, 0) is 4.74 Å². The first-order valence-electron chi connectivity index (χ1n) is 8.55. The van der Waals surface area contributed by atoms with Crippen LogP contribution in [0.3, 0.4) is 0 Å². The molecule has 26 heavy (non-hydrogen) atoms. The molecule has 8 heteroatoms. The van der Waals surface area contributed by atoms with Crippen molar-refractivity contribution < 1.29 is 23.7 Å². The van der Waals surface area contributed by atoms with Gasteiger partial charge in [0, 0.05) is 25.3 Å². The van der Waals surface area contributed by atoms with Crippen molar-refractivity contribution in [3.63, 3.8) is 0 Å². The maximum atomic E-state index is 12.8. The molecule has 0 bridgehead atoms. The normalized spacial score (nSPS) is 14.5. The van der Waals surface area contributed by atoms with E-state index < -0.39 is 0 Å². The number of likely N-dealkylation sites (tertiary alicyclic amines) is 1. The number of rotatable bonds is 8. The summed E-state index contributed by atoms with van der Waals surface area (Å²) in [6, 6.07) is 3.38. The third-order valence-corrected chi connectivity index (χ3v) is 4.34. The lowest BCUT2D eigenvalue weighted by Gasteiger charge is -2.32. The Kier molecular flexibility index (Phi) is 9.54. The van der Waals surface area contributed by atoms with E-state index in [0.29, 0.717) is 49.1 Å². The Bertz CT molecular complexity index is 552. The molecule has 0 radical (unpaired) electrons. The standard InChI is InChI=1S/C18H28N2O5.ClH/c1-22-15-11-13(12-16(23-2)17(15)24-3)18(21)20-8-5-14(6-9-20)25-10-4-7-19;/h11-12,14H,4-10,19H2,1-3H3;1H. The van der Waals surface area contributed by atoms with Crippen LogP contribution < -0.4 is 19.9 Å². The fraction of sp³-hybridized carbons (Fsp3) is 0.611. The number of carbonyl (C=O) groups excluding carboxylic acids is 1. The minimum Gasteiger partial charge on any atom is -0.493 e. The zero-order chi connectivity index (χ0) is 18.2. The predicted octanol–water partition coefficient (Wildman–Crippen LogP) is 2.10. The van der Waals surface area contributed by atoms with Crippen LogP contribution in [0.25, 0.3) is 0 Å². The third kappa shape index (κ3) is 5.40. The lowest BCUT2D eigenvalue weighted by molar-refractivity contribution is 0.00843. The molecule has 1 aromatic carbocycles. The van der Waals surface area contributed by atoms with E-state index in [2.05, 4.69) is 0 Å². The second-order valence-electron chi connectivity index (χ2n) is 5.92. The Morgan fingerprint density at radius 2 is 1.69 bits per heavy atom. The Hall–Kier alpha value is -1.70. The van der Waals surface area contributed by atoms with Crippen LogP contribution in [0.2, 0.25) is 0 Å². The monoisotopic (exact) mass is 388 g/mol. The van der Waals surface area contributed by atoms with Gasteiger partial charge in [-0.1, -0.05) is 0 Å². The highest BCUT2D eigenvalue weighted by Gasteiger charge is 2.26. The summed E-state index contributed by atoms with van der Waals surface area (Å²) in [5, 5.41) is 0. The molecule has 1 aromatic rings. The molecule has 7 nitrogen and oxygen atoms in total. The first kappa shape index (κ1) is 22.3. The molecule has 1 heterocycles. The zero-order valence-corrected chi connectivity index (χ0v) is 16.5. The number of nitrogens with zero attached hydrogens (tertiary/aromatic N) is 1. The van der Waals surface area contributed by atoms with Crippen LogP contribution in [0.4, 0.5) is 0 Å². The van der Waals surface area contributed by atoms with Gasteiger partial charge in [-0.3, -0.25) is 4.79 Å². The Morgan fingerprint density at radius 1 is 1.12 bits per heavy atom. The van der Waals surface area contributed by atoms with Gasteiger partial charge in [-0.15, -0.1) is 12.4 Å². The van der Waals surface area contributed by atoms with Gasteiger partial charge in [0.2, 0.25) is 5.75 Å². The summed E-state index contributed by atoms with van der Waals surface area (Å²) in [6.07, 6.45) is 2.74. The molecule has 0 atom stereocenters. The van der Waals surface area contributed by atoms with Crippen molar-refractivity contribution in [2.24, 2.45) is 5.73 Å². The Balaban J connectivity index is 0.00000338. The quantitative estimate of drug-likeness (QED) is 0.687. The number of benzene rings is 1. The molecular weight excluding hydrogens is 360 g/mol. The maximum Gasteiger partial charge on any atom is 0.254 e. The van der Waals surface area contributed by atoms with E-state index >= 15 is 0 Å². The van der Waals surface area contributed by atoms with Crippen LogP contribution in [0.15, 0.2) is 12.1 Å². The highest BCUT2D eigenvalue weighted by Crippen LogP contribution is 2.38. The minimum absolute atomic E-state index is 0. The van der Waals surface area contributed by atoms with Crippen LogP contribution in [0, 0.1) is 0 Å².